The van der Waals surface area contributed by atoms with Crippen LogP contribution in [0.3, 0.4) is 0 Å². The van der Waals surface area contributed by atoms with Gasteiger partial charge in [-0.1, -0.05) is 12.8 Å². The van der Waals surface area contributed by atoms with Crippen molar-refractivity contribution in [2.75, 3.05) is 33.3 Å². The van der Waals surface area contributed by atoms with Crippen molar-refractivity contribution in [3.8, 4) is 0 Å². The first-order valence-electron chi connectivity index (χ1n) is 7.88. The molecule has 0 atom stereocenters. The molecule has 0 unspecified atom stereocenters. The average molecular weight is 254 g/mol. The van der Waals surface area contributed by atoms with Crippen LogP contribution >= 0.6 is 0 Å². The minimum atomic E-state index is 0.540. The van der Waals surface area contributed by atoms with Gasteiger partial charge in [-0.2, -0.15) is 0 Å². The first-order valence-corrected chi connectivity index (χ1v) is 7.88. The molecule has 1 saturated heterocycles. The second-order valence-corrected chi connectivity index (χ2v) is 6.02. The number of piperidine rings is 1. The van der Waals surface area contributed by atoms with Gasteiger partial charge in [0.25, 0.3) is 0 Å². The second-order valence-electron chi connectivity index (χ2n) is 6.02. The number of nitrogens with zero attached hydrogens (tertiary/aromatic N) is 1. The summed E-state index contributed by atoms with van der Waals surface area (Å²) >= 11 is 0. The third kappa shape index (κ3) is 6.17. The molecular weight excluding hydrogens is 224 g/mol. The van der Waals surface area contributed by atoms with Crippen LogP contribution in [0.4, 0.5) is 0 Å². The SMILES string of the molecule is CN1CCC(OCCCCCCNC2CC2)CC1. The molecule has 2 rings (SSSR count). The minimum absolute atomic E-state index is 0.540. The summed E-state index contributed by atoms with van der Waals surface area (Å²) in [6.07, 6.45) is 11.1. The fraction of sp³-hybridized carbons (Fsp3) is 1.00. The van der Waals surface area contributed by atoms with Crippen LogP contribution in [-0.2, 0) is 4.74 Å². The molecule has 0 spiro atoms. The molecule has 1 N–H and O–H groups in total. The van der Waals surface area contributed by atoms with Crippen LogP contribution in [0.5, 0.6) is 0 Å². The van der Waals surface area contributed by atoms with Gasteiger partial charge in [-0.15, -0.1) is 0 Å². The molecular formula is C15H30N2O. The van der Waals surface area contributed by atoms with Crippen molar-refractivity contribution >= 4 is 0 Å². The monoisotopic (exact) mass is 254 g/mol. The molecule has 106 valence electrons. The molecule has 2 fully saturated rings. The highest BCUT2D eigenvalue weighted by molar-refractivity contribution is 4.80. The Bertz CT molecular complexity index is 211. The van der Waals surface area contributed by atoms with E-state index in [1.807, 2.05) is 0 Å². The fourth-order valence-electron chi connectivity index (χ4n) is 2.58. The molecule has 1 heterocycles. The standard InChI is InChI=1S/C15H30N2O/c1-17-11-8-15(9-12-17)18-13-5-3-2-4-10-16-14-6-7-14/h14-16H,2-13H2,1H3. The Morgan fingerprint density at radius 1 is 1.00 bits per heavy atom. The summed E-state index contributed by atoms with van der Waals surface area (Å²) in [5.41, 5.74) is 0. The van der Waals surface area contributed by atoms with E-state index in [0.717, 1.165) is 12.6 Å². The normalized spacial score (nSPS) is 22.5. The van der Waals surface area contributed by atoms with Crippen LogP contribution in [0.1, 0.15) is 51.4 Å². The Morgan fingerprint density at radius 2 is 1.72 bits per heavy atom. The first-order chi connectivity index (χ1) is 8.84. The maximum atomic E-state index is 5.94. The topological polar surface area (TPSA) is 24.5 Å². The minimum Gasteiger partial charge on any atom is -0.378 e. The van der Waals surface area contributed by atoms with E-state index >= 15 is 0 Å². The lowest BCUT2D eigenvalue weighted by Gasteiger charge is -2.28. The molecule has 0 aromatic carbocycles. The average Bonchev–Trinajstić information content (AvgIpc) is 3.19. The van der Waals surface area contributed by atoms with E-state index in [1.165, 1.54) is 71.0 Å². The number of hydrogen-bond donors (Lipinski definition) is 1. The summed E-state index contributed by atoms with van der Waals surface area (Å²) in [6, 6.07) is 0.873. The lowest BCUT2D eigenvalue weighted by molar-refractivity contribution is 0.0107. The van der Waals surface area contributed by atoms with Gasteiger partial charge in [-0.3, -0.25) is 0 Å². The van der Waals surface area contributed by atoms with Crippen LogP contribution in [-0.4, -0.2) is 50.3 Å². The molecule has 3 nitrogen and oxygen atoms in total. The van der Waals surface area contributed by atoms with Gasteiger partial charge >= 0.3 is 0 Å². The van der Waals surface area contributed by atoms with Gasteiger partial charge in [0, 0.05) is 25.7 Å². The smallest absolute Gasteiger partial charge is 0.0599 e. The zero-order chi connectivity index (χ0) is 12.6. The number of nitrogens with one attached hydrogen (secondary N) is 1. The lowest BCUT2D eigenvalue weighted by atomic mass is 10.1. The fourth-order valence-corrected chi connectivity index (χ4v) is 2.58. The Balaban J connectivity index is 1.32. The van der Waals surface area contributed by atoms with E-state index in [-0.39, 0.29) is 0 Å². The zero-order valence-electron chi connectivity index (χ0n) is 12.0. The van der Waals surface area contributed by atoms with Gasteiger partial charge in [-0.05, 0) is 52.1 Å². The summed E-state index contributed by atoms with van der Waals surface area (Å²) < 4.78 is 5.94. The van der Waals surface area contributed by atoms with Gasteiger partial charge in [-0.25, -0.2) is 0 Å². The van der Waals surface area contributed by atoms with E-state index in [9.17, 15) is 0 Å². The molecule has 1 saturated carbocycles. The molecule has 18 heavy (non-hydrogen) atoms. The molecule has 1 aliphatic carbocycles. The highest BCUT2D eigenvalue weighted by Crippen LogP contribution is 2.18. The van der Waals surface area contributed by atoms with E-state index in [1.54, 1.807) is 0 Å². The lowest BCUT2D eigenvalue weighted by Crippen LogP contribution is -2.34. The van der Waals surface area contributed by atoms with Crippen LogP contribution in [0.25, 0.3) is 0 Å². The number of rotatable bonds is 9. The van der Waals surface area contributed by atoms with E-state index < -0.39 is 0 Å². The number of likely N-dealkylation sites (tertiary alicyclic amines) is 1. The van der Waals surface area contributed by atoms with Crippen LogP contribution in [0.15, 0.2) is 0 Å². The quantitative estimate of drug-likeness (QED) is 0.640. The number of ether oxygens (including phenoxy) is 1. The van der Waals surface area contributed by atoms with Crippen molar-refractivity contribution in [2.45, 2.75) is 63.5 Å². The van der Waals surface area contributed by atoms with Crippen LogP contribution in [0, 0.1) is 0 Å². The van der Waals surface area contributed by atoms with Crippen molar-refractivity contribution in [3.63, 3.8) is 0 Å². The largest absolute Gasteiger partial charge is 0.378 e. The van der Waals surface area contributed by atoms with Gasteiger partial charge in [0.15, 0.2) is 0 Å². The van der Waals surface area contributed by atoms with Crippen LogP contribution in [0.2, 0.25) is 0 Å². The summed E-state index contributed by atoms with van der Waals surface area (Å²) in [7, 11) is 2.20. The molecule has 2 aliphatic rings. The Morgan fingerprint density at radius 3 is 2.44 bits per heavy atom. The van der Waals surface area contributed by atoms with E-state index in [0.29, 0.717) is 6.10 Å². The molecule has 1 aliphatic heterocycles. The second kappa shape index (κ2) is 8.13. The maximum absolute atomic E-state index is 5.94. The van der Waals surface area contributed by atoms with Gasteiger partial charge in [0.05, 0.1) is 6.10 Å². The van der Waals surface area contributed by atoms with Crippen molar-refractivity contribution in [2.24, 2.45) is 0 Å². The predicted molar refractivity (Wildman–Crippen MR) is 76.0 cm³/mol. The zero-order valence-corrected chi connectivity index (χ0v) is 12.0. The van der Waals surface area contributed by atoms with Crippen molar-refractivity contribution < 1.29 is 4.74 Å². The highest BCUT2D eigenvalue weighted by Gasteiger charge is 2.19. The van der Waals surface area contributed by atoms with Crippen LogP contribution < -0.4 is 5.32 Å². The molecule has 0 aromatic heterocycles. The summed E-state index contributed by atoms with van der Waals surface area (Å²) in [5.74, 6) is 0. The number of unbranched alkanes of at least 4 members (excludes halogenated alkanes) is 3. The highest BCUT2D eigenvalue weighted by atomic mass is 16.5. The summed E-state index contributed by atoms with van der Waals surface area (Å²) in [5, 5.41) is 3.57. The van der Waals surface area contributed by atoms with E-state index in [2.05, 4.69) is 17.3 Å². The molecule has 0 aromatic rings. The third-order valence-corrected chi connectivity index (χ3v) is 4.10. The predicted octanol–water partition coefficient (Wildman–Crippen LogP) is 2.41. The summed E-state index contributed by atoms with van der Waals surface area (Å²) in [4.78, 5) is 2.40. The van der Waals surface area contributed by atoms with E-state index in [4.69, 9.17) is 4.74 Å². The van der Waals surface area contributed by atoms with Crippen molar-refractivity contribution in [1.82, 2.24) is 10.2 Å². The van der Waals surface area contributed by atoms with Crippen molar-refractivity contribution in [1.29, 1.82) is 0 Å². The first kappa shape index (κ1) is 14.3. The third-order valence-electron chi connectivity index (χ3n) is 4.10. The van der Waals surface area contributed by atoms with Gasteiger partial charge < -0.3 is 15.0 Å². The molecule has 0 bridgehead atoms. The Kier molecular flexibility index (Phi) is 6.46. The Labute approximate surface area is 112 Å². The number of hydrogen-bond acceptors (Lipinski definition) is 3. The van der Waals surface area contributed by atoms with Gasteiger partial charge in [0.2, 0.25) is 0 Å². The molecule has 3 heteroatoms. The summed E-state index contributed by atoms with van der Waals surface area (Å²) in [6.45, 7) is 4.61. The van der Waals surface area contributed by atoms with Crippen molar-refractivity contribution in [3.05, 3.63) is 0 Å². The maximum Gasteiger partial charge on any atom is 0.0599 e. The van der Waals surface area contributed by atoms with Gasteiger partial charge in [0.1, 0.15) is 0 Å². The molecule has 0 radical (unpaired) electrons. The molecule has 0 amide bonds. The Hall–Kier alpha value is -0.120.